The Kier molecular flexibility index (Phi) is 6.46. The van der Waals surface area contributed by atoms with Crippen molar-refractivity contribution in [2.75, 3.05) is 30.0 Å². The van der Waals surface area contributed by atoms with Crippen LogP contribution in [0.25, 0.3) is 11.4 Å². The second-order valence-electron chi connectivity index (χ2n) is 9.91. The first-order valence-electron chi connectivity index (χ1n) is 12.7. The minimum absolute atomic E-state index is 0.171. The van der Waals surface area contributed by atoms with Crippen LogP contribution in [0.15, 0.2) is 53.6 Å². The van der Waals surface area contributed by atoms with Crippen LogP contribution in [0, 0.1) is 5.82 Å². The third-order valence-electron chi connectivity index (χ3n) is 6.85. The molecule has 1 aromatic carbocycles. The Hall–Kier alpha value is -3.24. The van der Waals surface area contributed by atoms with E-state index in [2.05, 4.69) is 33.5 Å². The molecule has 3 fully saturated rings. The zero-order valence-corrected chi connectivity index (χ0v) is 21.4. The summed E-state index contributed by atoms with van der Waals surface area (Å²) < 4.78 is 19.0. The average Bonchev–Trinajstić information content (AvgIpc) is 3.84. The molecule has 2 aromatic heterocycles. The minimum atomic E-state index is -0.238. The molecule has 1 aliphatic heterocycles. The van der Waals surface area contributed by atoms with Gasteiger partial charge < -0.3 is 15.0 Å². The molecule has 2 saturated carbocycles. The van der Waals surface area contributed by atoms with Gasteiger partial charge in [-0.25, -0.2) is 24.1 Å². The molecule has 37 heavy (non-hydrogen) atoms. The number of pyridine rings is 1. The van der Waals surface area contributed by atoms with Gasteiger partial charge in [-0.05, 0) is 69.0 Å². The van der Waals surface area contributed by atoms with Crippen LogP contribution in [0.5, 0.6) is 0 Å². The lowest BCUT2D eigenvalue weighted by molar-refractivity contribution is 0.0985. The number of carbonyl (C=O) groups is 1. The highest BCUT2D eigenvalue weighted by Gasteiger charge is 2.47. The third kappa shape index (κ3) is 5.55. The van der Waals surface area contributed by atoms with Gasteiger partial charge >= 0.3 is 6.03 Å². The van der Waals surface area contributed by atoms with E-state index in [1.807, 2.05) is 18.2 Å². The predicted octanol–water partition coefficient (Wildman–Crippen LogP) is 4.97. The fourth-order valence-corrected chi connectivity index (χ4v) is 5.67. The normalized spacial score (nSPS) is 20.4. The number of amides is 2. The van der Waals surface area contributed by atoms with E-state index in [9.17, 15) is 9.18 Å². The van der Waals surface area contributed by atoms with Crippen molar-refractivity contribution in [3.8, 4) is 11.4 Å². The number of carbonyl (C=O) groups excluding carboxylic acids is 1. The van der Waals surface area contributed by atoms with Crippen LogP contribution in [0.4, 0.5) is 20.8 Å². The van der Waals surface area contributed by atoms with Gasteiger partial charge in [-0.1, -0.05) is 0 Å². The van der Waals surface area contributed by atoms with Gasteiger partial charge in [0, 0.05) is 35.3 Å². The molecule has 2 amide bonds. The summed E-state index contributed by atoms with van der Waals surface area (Å²) in [6, 6.07) is 12.6. The molecule has 3 heterocycles. The van der Waals surface area contributed by atoms with E-state index >= 15 is 0 Å². The summed E-state index contributed by atoms with van der Waals surface area (Å²) in [6.45, 7) is 4.19. The van der Waals surface area contributed by atoms with Crippen LogP contribution in [0.1, 0.15) is 38.3 Å². The molecule has 1 atom stereocenters. The highest BCUT2D eigenvalue weighted by Crippen LogP contribution is 2.59. The quantitative estimate of drug-likeness (QED) is 0.455. The van der Waals surface area contributed by atoms with Crippen molar-refractivity contribution < 1.29 is 13.9 Å². The second-order valence-corrected chi connectivity index (χ2v) is 11.4. The Bertz CT molecular complexity index is 1280. The number of nitrogens with zero attached hydrogens (tertiary/aromatic N) is 4. The Morgan fingerprint density at radius 2 is 1.97 bits per heavy atom. The van der Waals surface area contributed by atoms with Crippen molar-refractivity contribution in [1.82, 2.24) is 20.3 Å². The number of morpholine rings is 1. The Morgan fingerprint density at radius 3 is 2.65 bits per heavy atom. The number of nitrogens with one attached hydrogen (secondary N) is 2. The molecule has 2 aliphatic carbocycles. The molecule has 1 saturated heterocycles. The maximum atomic E-state index is 13.5. The molecule has 10 heteroatoms. The van der Waals surface area contributed by atoms with Gasteiger partial charge in [0.15, 0.2) is 5.82 Å². The van der Waals surface area contributed by atoms with Crippen LogP contribution in [-0.2, 0) is 9.48 Å². The van der Waals surface area contributed by atoms with Crippen molar-refractivity contribution in [3.05, 3.63) is 60.2 Å². The Balaban J connectivity index is 1.30. The second kappa shape index (κ2) is 9.90. The Morgan fingerprint density at radius 1 is 1.16 bits per heavy atom. The van der Waals surface area contributed by atoms with Crippen LogP contribution >= 0.6 is 11.8 Å². The summed E-state index contributed by atoms with van der Waals surface area (Å²) in [6.07, 6.45) is 5.73. The molecule has 2 N–H and O–H groups in total. The largest absolute Gasteiger partial charge is 0.377 e. The number of hydrogen-bond donors (Lipinski definition) is 2. The topological polar surface area (TPSA) is 92.3 Å². The lowest BCUT2D eigenvalue weighted by atomic mass is 10.2. The van der Waals surface area contributed by atoms with E-state index < -0.39 is 0 Å². The first-order chi connectivity index (χ1) is 18.0. The standard InChI is InChI=1S/C27H29FN6O2S/c1-17-16-36-13-12-34(17)24-14-22(27(10-11-27)37-21-7-3-19(28)4-8-21)31-25(33-24)18-2-9-23(29-15-18)32-26(35)30-20-5-6-20/h2-4,7-9,14-15,17,20H,5-6,10-13,16H2,1H3,(H2,29,30,32,35). The summed E-state index contributed by atoms with van der Waals surface area (Å²) in [4.78, 5) is 29.7. The first-order valence-corrected chi connectivity index (χ1v) is 13.5. The maximum absolute atomic E-state index is 13.5. The molecule has 1 unspecified atom stereocenters. The predicted molar refractivity (Wildman–Crippen MR) is 141 cm³/mol. The summed E-state index contributed by atoms with van der Waals surface area (Å²) in [5, 5.41) is 5.68. The molecule has 0 spiro atoms. The van der Waals surface area contributed by atoms with E-state index in [-0.39, 0.29) is 28.7 Å². The fraction of sp³-hybridized carbons (Fsp3) is 0.407. The number of ether oxygens (including phenoxy) is 1. The van der Waals surface area contributed by atoms with E-state index in [0.29, 0.717) is 24.9 Å². The van der Waals surface area contributed by atoms with Gasteiger partial charge in [0.1, 0.15) is 17.5 Å². The van der Waals surface area contributed by atoms with Crippen LogP contribution in [0.3, 0.4) is 0 Å². The number of urea groups is 1. The lowest BCUT2D eigenvalue weighted by Crippen LogP contribution is -2.44. The van der Waals surface area contributed by atoms with Crippen LogP contribution in [0.2, 0.25) is 0 Å². The zero-order valence-electron chi connectivity index (χ0n) is 20.6. The van der Waals surface area contributed by atoms with E-state index in [1.54, 1.807) is 24.0 Å². The van der Waals surface area contributed by atoms with E-state index in [0.717, 1.165) is 54.2 Å². The SMILES string of the molecule is CC1COCCN1c1cc(C2(Sc3ccc(F)cc3)CC2)nc(-c2ccc(NC(=O)NC3CC3)nc2)n1. The van der Waals surface area contributed by atoms with Crippen molar-refractivity contribution >= 4 is 29.4 Å². The van der Waals surface area contributed by atoms with Gasteiger partial charge in [0.05, 0.1) is 29.7 Å². The van der Waals surface area contributed by atoms with Gasteiger partial charge in [0.25, 0.3) is 0 Å². The van der Waals surface area contributed by atoms with Gasteiger partial charge in [0.2, 0.25) is 0 Å². The molecular weight excluding hydrogens is 491 g/mol. The number of thioether (sulfide) groups is 1. The Labute approximate surface area is 219 Å². The van der Waals surface area contributed by atoms with Crippen molar-refractivity contribution in [3.63, 3.8) is 0 Å². The highest BCUT2D eigenvalue weighted by atomic mass is 32.2. The molecule has 0 bridgehead atoms. The summed E-state index contributed by atoms with van der Waals surface area (Å²) in [5.74, 6) is 1.70. The average molecular weight is 521 g/mol. The number of aromatic nitrogens is 3. The fourth-order valence-electron chi connectivity index (χ4n) is 4.43. The molecule has 0 radical (unpaired) electrons. The van der Waals surface area contributed by atoms with Crippen molar-refractivity contribution in [2.24, 2.45) is 0 Å². The van der Waals surface area contributed by atoms with Crippen molar-refractivity contribution in [2.45, 2.75) is 54.3 Å². The monoisotopic (exact) mass is 520 g/mol. The first kappa shape index (κ1) is 24.1. The number of anilines is 2. The summed E-state index contributed by atoms with van der Waals surface area (Å²) >= 11 is 1.73. The lowest BCUT2D eigenvalue weighted by Gasteiger charge is -2.34. The van der Waals surface area contributed by atoms with Gasteiger partial charge in [-0.15, -0.1) is 11.8 Å². The number of benzene rings is 1. The van der Waals surface area contributed by atoms with E-state index in [4.69, 9.17) is 14.7 Å². The van der Waals surface area contributed by atoms with E-state index in [1.165, 1.54) is 12.1 Å². The van der Waals surface area contributed by atoms with Crippen molar-refractivity contribution in [1.29, 1.82) is 0 Å². The smallest absolute Gasteiger partial charge is 0.320 e. The summed E-state index contributed by atoms with van der Waals surface area (Å²) in [7, 11) is 0. The molecule has 3 aliphatic rings. The van der Waals surface area contributed by atoms with Crippen LogP contribution < -0.4 is 15.5 Å². The zero-order chi connectivity index (χ0) is 25.4. The molecular formula is C27H29FN6O2S. The van der Waals surface area contributed by atoms with Crippen LogP contribution in [-0.4, -0.2) is 52.8 Å². The summed E-state index contributed by atoms with van der Waals surface area (Å²) in [5.41, 5.74) is 1.74. The number of rotatable bonds is 7. The number of halogens is 1. The number of hydrogen-bond acceptors (Lipinski definition) is 7. The maximum Gasteiger partial charge on any atom is 0.320 e. The highest BCUT2D eigenvalue weighted by molar-refractivity contribution is 8.00. The molecule has 3 aromatic rings. The molecule has 192 valence electrons. The van der Waals surface area contributed by atoms with Gasteiger partial charge in [-0.2, -0.15) is 0 Å². The molecule has 6 rings (SSSR count). The van der Waals surface area contributed by atoms with Gasteiger partial charge in [-0.3, -0.25) is 5.32 Å². The third-order valence-corrected chi connectivity index (χ3v) is 8.36. The molecule has 8 nitrogen and oxygen atoms in total. The minimum Gasteiger partial charge on any atom is -0.377 e.